The molecule has 0 fully saturated rings. The Morgan fingerprint density at radius 3 is 1.86 bits per heavy atom. The second kappa shape index (κ2) is 6.06. The van der Waals surface area contributed by atoms with Crippen molar-refractivity contribution in [3.05, 3.63) is 84.4 Å². The maximum atomic E-state index is 5.70. The first-order valence-electron chi connectivity index (χ1n) is 6.86. The molecule has 3 rings (SSSR count). The first-order valence-corrected chi connectivity index (χ1v) is 6.86. The summed E-state index contributed by atoms with van der Waals surface area (Å²) in [5, 5.41) is 0. The summed E-state index contributed by atoms with van der Waals surface area (Å²) in [5.74, 6) is 0. The highest BCUT2D eigenvalue weighted by Gasteiger charge is 1.97. The van der Waals surface area contributed by atoms with Gasteiger partial charge in [0.2, 0.25) is 0 Å². The van der Waals surface area contributed by atoms with Crippen molar-refractivity contribution >= 4 is 17.6 Å². The molecule has 0 aliphatic rings. The molecular formula is C19H16N2. The molecular weight excluding hydrogens is 256 g/mol. The third-order valence-electron chi connectivity index (χ3n) is 3.27. The zero-order chi connectivity index (χ0) is 14.5. The van der Waals surface area contributed by atoms with Crippen molar-refractivity contribution in [2.24, 2.45) is 4.99 Å². The van der Waals surface area contributed by atoms with Crippen LogP contribution in [0.3, 0.4) is 0 Å². The van der Waals surface area contributed by atoms with Crippen LogP contribution in [0.25, 0.3) is 11.1 Å². The molecule has 2 heteroatoms. The molecule has 0 aliphatic carbocycles. The SMILES string of the molecule is Nc1ccc(-c2ccc(N=Cc3ccccc3)cc2)cc1. The van der Waals surface area contributed by atoms with Gasteiger partial charge in [0.25, 0.3) is 0 Å². The highest BCUT2D eigenvalue weighted by molar-refractivity contribution is 5.82. The number of anilines is 1. The molecule has 3 aromatic carbocycles. The molecule has 21 heavy (non-hydrogen) atoms. The van der Waals surface area contributed by atoms with Gasteiger partial charge in [0.05, 0.1) is 5.69 Å². The molecule has 3 aromatic rings. The number of rotatable bonds is 3. The highest BCUT2D eigenvalue weighted by atomic mass is 14.7. The lowest BCUT2D eigenvalue weighted by Crippen LogP contribution is -1.83. The van der Waals surface area contributed by atoms with E-state index in [1.54, 1.807) is 0 Å². The normalized spacial score (nSPS) is 10.9. The van der Waals surface area contributed by atoms with Crippen LogP contribution in [0.4, 0.5) is 11.4 Å². The van der Waals surface area contributed by atoms with E-state index in [4.69, 9.17) is 5.73 Å². The molecule has 0 saturated carbocycles. The van der Waals surface area contributed by atoms with Crippen LogP contribution in [-0.4, -0.2) is 6.21 Å². The largest absolute Gasteiger partial charge is 0.399 e. The standard InChI is InChI=1S/C19H16N2/c20-18-10-6-16(7-11-18)17-8-12-19(13-9-17)21-14-15-4-2-1-3-5-15/h1-14H,20H2. The van der Waals surface area contributed by atoms with Crippen molar-refractivity contribution < 1.29 is 0 Å². The predicted octanol–water partition coefficient (Wildman–Crippen LogP) is 4.69. The maximum absolute atomic E-state index is 5.70. The third kappa shape index (κ3) is 3.37. The fourth-order valence-electron chi connectivity index (χ4n) is 2.10. The number of benzene rings is 3. The predicted molar refractivity (Wildman–Crippen MR) is 90.0 cm³/mol. The lowest BCUT2D eigenvalue weighted by atomic mass is 10.1. The van der Waals surface area contributed by atoms with E-state index < -0.39 is 0 Å². The summed E-state index contributed by atoms with van der Waals surface area (Å²) < 4.78 is 0. The summed E-state index contributed by atoms with van der Waals surface area (Å²) in [6.45, 7) is 0. The highest BCUT2D eigenvalue weighted by Crippen LogP contribution is 2.23. The molecule has 102 valence electrons. The van der Waals surface area contributed by atoms with E-state index in [0.717, 1.165) is 28.1 Å². The van der Waals surface area contributed by atoms with Gasteiger partial charge in [-0.3, -0.25) is 4.99 Å². The molecule has 0 amide bonds. The number of hydrogen-bond donors (Lipinski definition) is 1. The summed E-state index contributed by atoms with van der Waals surface area (Å²) >= 11 is 0. The van der Waals surface area contributed by atoms with Crippen molar-refractivity contribution in [3.8, 4) is 11.1 Å². The minimum absolute atomic E-state index is 0.780. The maximum Gasteiger partial charge on any atom is 0.0630 e. The summed E-state index contributed by atoms with van der Waals surface area (Å²) in [5.41, 5.74) is 10.8. The van der Waals surface area contributed by atoms with Crippen molar-refractivity contribution in [1.82, 2.24) is 0 Å². The Hall–Kier alpha value is -2.87. The van der Waals surface area contributed by atoms with Crippen LogP contribution in [0.1, 0.15) is 5.56 Å². The first-order chi connectivity index (χ1) is 10.3. The van der Waals surface area contributed by atoms with E-state index in [2.05, 4.69) is 17.1 Å². The van der Waals surface area contributed by atoms with E-state index in [1.165, 1.54) is 0 Å². The number of aliphatic imine (C=N–C) groups is 1. The molecule has 0 aromatic heterocycles. The Balaban J connectivity index is 1.78. The van der Waals surface area contributed by atoms with E-state index in [-0.39, 0.29) is 0 Å². The van der Waals surface area contributed by atoms with Gasteiger partial charge in [-0.25, -0.2) is 0 Å². The molecule has 0 heterocycles. The number of nitrogen functional groups attached to an aromatic ring is 1. The van der Waals surface area contributed by atoms with E-state index in [0.29, 0.717) is 0 Å². The molecule has 0 aliphatic heterocycles. The van der Waals surface area contributed by atoms with E-state index >= 15 is 0 Å². The Kier molecular flexibility index (Phi) is 3.79. The zero-order valence-corrected chi connectivity index (χ0v) is 11.6. The van der Waals surface area contributed by atoms with Crippen LogP contribution in [0, 0.1) is 0 Å². The lowest BCUT2D eigenvalue weighted by Gasteiger charge is -2.02. The molecule has 0 spiro atoms. The summed E-state index contributed by atoms with van der Waals surface area (Å²) in [7, 11) is 0. The fraction of sp³-hybridized carbons (Fsp3) is 0. The minimum Gasteiger partial charge on any atom is -0.399 e. The van der Waals surface area contributed by atoms with Crippen LogP contribution in [-0.2, 0) is 0 Å². The van der Waals surface area contributed by atoms with Gasteiger partial charge in [-0.1, -0.05) is 54.6 Å². The zero-order valence-electron chi connectivity index (χ0n) is 11.6. The number of hydrogen-bond acceptors (Lipinski definition) is 2. The Bertz CT molecular complexity index is 727. The molecule has 0 saturated heterocycles. The van der Waals surface area contributed by atoms with Crippen LogP contribution >= 0.6 is 0 Å². The summed E-state index contributed by atoms with van der Waals surface area (Å²) in [6, 6.07) is 26.1. The summed E-state index contributed by atoms with van der Waals surface area (Å²) in [6.07, 6.45) is 1.87. The van der Waals surface area contributed by atoms with Crippen LogP contribution in [0.2, 0.25) is 0 Å². The van der Waals surface area contributed by atoms with Crippen molar-refractivity contribution in [2.75, 3.05) is 5.73 Å². The number of nitrogens with two attached hydrogens (primary N) is 1. The minimum atomic E-state index is 0.780. The lowest BCUT2D eigenvalue weighted by molar-refractivity contribution is 1.52. The summed E-state index contributed by atoms with van der Waals surface area (Å²) in [4.78, 5) is 4.48. The molecule has 0 radical (unpaired) electrons. The van der Waals surface area contributed by atoms with Gasteiger partial charge in [0, 0.05) is 11.9 Å². The van der Waals surface area contributed by atoms with Gasteiger partial charge in [-0.15, -0.1) is 0 Å². The Morgan fingerprint density at radius 2 is 1.24 bits per heavy atom. The second-order valence-electron chi connectivity index (χ2n) is 4.84. The monoisotopic (exact) mass is 272 g/mol. The third-order valence-corrected chi connectivity index (χ3v) is 3.27. The van der Waals surface area contributed by atoms with Gasteiger partial charge >= 0.3 is 0 Å². The average Bonchev–Trinajstić information content (AvgIpc) is 2.55. The van der Waals surface area contributed by atoms with Gasteiger partial charge in [0.1, 0.15) is 0 Å². The molecule has 0 atom stereocenters. The smallest absolute Gasteiger partial charge is 0.0630 e. The van der Waals surface area contributed by atoms with Crippen molar-refractivity contribution in [2.45, 2.75) is 0 Å². The average molecular weight is 272 g/mol. The fourth-order valence-corrected chi connectivity index (χ4v) is 2.10. The van der Waals surface area contributed by atoms with Crippen LogP contribution in [0.5, 0.6) is 0 Å². The quantitative estimate of drug-likeness (QED) is 0.545. The van der Waals surface area contributed by atoms with Gasteiger partial charge in [0.15, 0.2) is 0 Å². The van der Waals surface area contributed by atoms with Crippen LogP contribution in [0.15, 0.2) is 83.9 Å². The Morgan fingerprint density at radius 1 is 0.667 bits per heavy atom. The number of nitrogens with zero attached hydrogens (tertiary/aromatic N) is 1. The molecule has 2 nitrogen and oxygen atoms in total. The van der Waals surface area contributed by atoms with Gasteiger partial charge in [-0.2, -0.15) is 0 Å². The topological polar surface area (TPSA) is 38.4 Å². The van der Waals surface area contributed by atoms with E-state index in [1.807, 2.05) is 72.9 Å². The van der Waals surface area contributed by atoms with E-state index in [9.17, 15) is 0 Å². The molecule has 0 unspecified atom stereocenters. The Labute approximate surface area is 124 Å². The van der Waals surface area contributed by atoms with Gasteiger partial charge < -0.3 is 5.73 Å². The molecule has 0 bridgehead atoms. The van der Waals surface area contributed by atoms with Gasteiger partial charge in [-0.05, 0) is 41.0 Å². The van der Waals surface area contributed by atoms with Crippen molar-refractivity contribution in [3.63, 3.8) is 0 Å². The van der Waals surface area contributed by atoms with Crippen LogP contribution < -0.4 is 5.73 Å². The first kappa shape index (κ1) is 13.1. The molecule has 2 N–H and O–H groups in total. The van der Waals surface area contributed by atoms with Crippen molar-refractivity contribution in [1.29, 1.82) is 0 Å². The second-order valence-corrected chi connectivity index (χ2v) is 4.84.